The van der Waals surface area contributed by atoms with Crippen molar-refractivity contribution in [1.29, 1.82) is 0 Å². The van der Waals surface area contributed by atoms with E-state index in [9.17, 15) is 14.0 Å². The van der Waals surface area contributed by atoms with Gasteiger partial charge < -0.3 is 9.64 Å². The standard InChI is InChI=1S/C19H21FN2O3S2/c1-12-10-26-19(21-12)27-11-17(23)22-7-3-4-14(9-22)18(24)13-5-6-16(25-2)15(20)8-13/h5-6,8,10,14H,3-4,7,9,11H2,1-2H3/t14-/m0/s1. The SMILES string of the molecule is COc1ccc(C(=O)[C@H]2CCCN(C(=O)CSc3nc(C)cs3)C2)cc1F. The summed E-state index contributed by atoms with van der Waals surface area (Å²) in [5, 5.41) is 1.95. The number of carbonyl (C=O) groups is 2. The summed E-state index contributed by atoms with van der Waals surface area (Å²) in [4.78, 5) is 31.3. The van der Waals surface area contributed by atoms with Crippen LogP contribution in [0.4, 0.5) is 4.39 Å². The molecule has 1 aliphatic rings. The van der Waals surface area contributed by atoms with E-state index in [1.165, 1.54) is 42.3 Å². The highest BCUT2D eigenvalue weighted by atomic mass is 32.2. The van der Waals surface area contributed by atoms with Gasteiger partial charge in [0.2, 0.25) is 5.91 Å². The van der Waals surface area contributed by atoms with Crippen molar-refractivity contribution in [2.45, 2.75) is 24.1 Å². The molecule has 1 aliphatic heterocycles. The van der Waals surface area contributed by atoms with Crippen LogP contribution >= 0.6 is 23.1 Å². The average molecular weight is 409 g/mol. The number of rotatable bonds is 6. The molecule has 1 aromatic carbocycles. The second-order valence-electron chi connectivity index (χ2n) is 6.44. The summed E-state index contributed by atoms with van der Waals surface area (Å²) < 4.78 is 19.7. The van der Waals surface area contributed by atoms with E-state index in [1.807, 2.05) is 12.3 Å². The first-order chi connectivity index (χ1) is 13.0. The van der Waals surface area contributed by atoms with E-state index in [-0.39, 0.29) is 23.4 Å². The van der Waals surface area contributed by atoms with Crippen LogP contribution in [0.1, 0.15) is 28.9 Å². The smallest absolute Gasteiger partial charge is 0.233 e. The fourth-order valence-corrected chi connectivity index (χ4v) is 4.84. The minimum Gasteiger partial charge on any atom is -0.494 e. The molecule has 2 aromatic rings. The van der Waals surface area contributed by atoms with Crippen LogP contribution in [0.2, 0.25) is 0 Å². The highest BCUT2D eigenvalue weighted by Crippen LogP contribution is 2.26. The van der Waals surface area contributed by atoms with Crippen molar-refractivity contribution in [2.75, 3.05) is 26.0 Å². The lowest BCUT2D eigenvalue weighted by Gasteiger charge is -2.32. The number of hydrogen-bond acceptors (Lipinski definition) is 6. The lowest BCUT2D eigenvalue weighted by molar-refractivity contribution is -0.129. The van der Waals surface area contributed by atoms with Crippen molar-refractivity contribution in [3.05, 3.63) is 40.7 Å². The first kappa shape index (κ1) is 19.8. The third kappa shape index (κ3) is 4.87. The predicted octanol–water partition coefficient (Wildman–Crippen LogP) is 3.81. The summed E-state index contributed by atoms with van der Waals surface area (Å²) in [6.45, 7) is 2.95. The summed E-state index contributed by atoms with van der Waals surface area (Å²) in [5.41, 5.74) is 1.27. The molecular formula is C19H21FN2O3S2. The normalized spacial score (nSPS) is 17.0. The molecule has 27 heavy (non-hydrogen) atoms. The Bertz CT molecular complexity index is 840. The maximum atomic E-state index is 13.9. The fourth-order valence-electron chi connectivity index (χ4n) is 3.09. The number of Topliss-reactive ketones (excluding diaryl/α,β-unsaturated/α-hetero) is 1. The minimum absolute atomic E-state index is 0.00580. The van der Waals surface area contributed by atoms with Gasteiger partial charge in [-0.2, -0.15) is 0 Å². The molecule has 5 nitrogen and oxygen atoms in total. The van der Waals surface area contributed by atoms with Crippen LogP contribution < -0.4 is 4.74 Å². The molecule has 8 heteroatoms. The van der Waals surface area contributed by atoms with Crippen LogP contribution in [0.25, 0.3) is 0 Å². The van der Waals surface area contributed by atoms with Gasteiger partial charge >= 0.3 is 0 Å². The van der Waals surface area contributed by atoms with E-state index in [1.54, 1.807) is 11.0 Å². The lowest BCUT2D eigenvalue weighted by atomic mass is 9.90. The van der Waals surface area contributed by atoms with Gasteiger partial charge in [0.25, 0.3) is 0 Å². The van der Waals surface area contributed by atoms with Gasteiger partial charge in [-0.1, -0.05) is 11.8 Å². The van der Waals surface area contributed by atoms with Gasteiger partial charge in [-0.05, 0) is 38.0 Å². The van der Waals surface area contributed by atoms with Crippen LogP contribution in [0, 0.1) is 18.7 Å². The predicted molar refractivity (Wildman–Crippen MR) is 104 cm³/mol. The van der Waals surface area contributed by atoms with Crippen molar-refractivity contribution in [1.82, 2.24) is 9.88 Å². The first-order valence-corrected chi connectivity index (χ1v) is 10.5. The molecule has 1 saturated heterocycles. The second kappa shape index (κ2) is 8.84. The second-order valence-corrected chi connectivity index (χ2v) is 8.52. The van der Waals surface area contributed by atoms with Gasteiger partial charge in [-0.3, -0.25) is 9.59 Å². The van der Waals surface area contributed by atoms with Gasteiger partial charge in [0.1, 0.15) is 0 Å². The lowest BCUT2D eigenvalue weighted by Crippen LogP contribution is -2.43. The molecule has 1 aromatic heterocycles. The monoisotopic (exact) mass is 408 g/mol. The number of thiazole rings is 1. The molecule has 1 atom stereocenters. The Morgan fingerprint density at radius 2 is 2.26 bits per heavy atom. The Morgan fingerprint density at radius 1 is 1.44 bits per heavy atom. The highest BCUT2D eigenvalue weighted by Gasteiger charge is 2.29. The Hall–Kier alpha value is -1.93. The van der Waals surface area contributed by atoms with Crippen molar-refractivity contribution in [3.8, 4) is 5.75 Å². The molecule has 0 N–H and O–H groups in total. The molecule has 0 radical (unpaired) electrons. The van der Waals surface area contributed by atoms with Crippen molar-refractivity contribution in [2.24, 2.45) is 5.92 Å². The number of ether oxygens (including phenoxy) is 1. The quantitative estimate of drug-likeness (QED) is 0.537. The number of thioether (sulfide) groups is 1. The summed E-state index contributed by atoms with van der Waals surface area (Å²) in [6, 6.07) is 4.25. The summed E-state index contributed by atoms with van der Waals surface area (Å²) in [7, 11) is 1.38. The number of benzene rings is 1. The van der Waals surface area contributed by atoms with Crippen LogP contribution in [0.15, 0.2) is 27.9 Å². The molecular weight excluding hydrogens is 387 g/mol. The molecule has 2 heterocycles. The third-order valence-corrected chi connectivity index (χ3v) is 6.62. The Balaban J connectivity index is 1.60. The number of amides is 1. The molecule has 1 fully saturated rings. The molecule has 0 unspecified atom stereocenters. The number of likely N-dealkylation sites (tertiary alicyclic amines) is 1. The zero-order chi connectivity index (χ0) is 19.4. The Kier molecular flexibility index (Phi) is 6.49. The first-order valence-electron chi connectivity index (χ1n) is 8.68. The van der Waals surface area contributed by atoms with E-state index < -0.39 is 5.82 Å². The van der Waals surface area contributed by atoms with Crippen LogP contribution in [0.3, 0.4) is 0 Å². The van der Waals surface area contributed by atoms with E-state index in [2.05, 4.69) is 4.98 Å². The number of methoxy groups -OCH3 is 1. The number of aryl methyl sites for hydroxylation is 1. The number of aromatic nitrogens is 1. The van der Waals surface area contributed by atoms with Crippen LogP contribution in [0.5, 0.6) is 5.75 Å². The maximum absolute atomic E-state index is 13.9. The average Bonchev–Trinajstić information content (AvgIpc) is 3.10. The number of hydrogen-bond donors (Lipinski definition) is 0. The zero-order valence-electron chi connectivity index (χ0n) is 15.2. The molecule has 1 amide bonds. The minimum atomic E-state index is -0.553. The number of carbonyl (C=O) groups excluding carboxylic acids is 2. The van der Waals surface area contributed by atoms with Crippen molar-refractivity contribution >= 4 is 34.8 Å². The van der Waals surface area contributed by atoms with Gasteiger partial charge in [-0.15, -0.1) is 11.3 Å². The van der Waals surface area contributed by atoms with Gasteiger partial charge in [-0.25, -0.2) is 9.37 Å². The summed E-state index contributed by atoms with van der Waals surface area (Å²) in [5.74, 6) is -0.555. The number of halogens is 1. The summed E-state index contributed by atoms with van der Waals surface area (Å²) >= 11 is 2.95. The fraction of sp³-hybridized carbons (Fsp3) is 0.421. The Labute approximate surface area is 165 Å². The third-order valence-electron chi connectivity index (χ3n) is 4.50. The van der Waals surface area contributed by atoms with E-state index in [0.717, 1.165) is 16.5 Å². The molecule has 0 aliphatic carbocycles. The van der Waals surface area contributed by atoms with E-state index in [0.29, 0.717) is 30.8 Å². The number of ketones is 1. The largest absolute Gasteiger partial charge is 0.494 e. The molecule has 144 valence electrons. The maximum Gasteiger partial charge on any atom is 0.233 e. The van der Waals surface area contributed by atoms with Gasteiger partial charge in [0.05, 0.1) is 12.9 Å². The number of nitrogens with zero attached hydrogens (tertiary/aromatic N) is 2. The van der Waals surface area contributed by atoms with Crippen molar-refractivity contribution < 1.29 is 18.7 Å². The summed E-state index contributed by atoms with van der Waals surface area (Å²) in [6.07, 6.45) is 1.47. The zero-order valence-corrected chi connectivity index (χ0v) is 16.9. The molecule has 0 saturated carbocycles. The Morgan fingerprint density at radius 3 is 2.93 bits per heavy atom. The van der Waals surface area contributed by atoms with E-state index in [4.69, 9.17) is 4.74 Å². The van der Waals surface area contributed by atoms with Gasteiger partial charge in [0.15, 0.2) is 21.7 Å². The highest BCUT2D eigenvalue weighted by molar-refractivity contribution is 8.01. The molecule has 0 bridgehead atoms. The van der Waals surface area contributed by atoms with Crippen LogP contribution in [-0.4, -0.2) is 47.5 Å². The number of piperidine rings is 1. The molecule has 0 spiro atoms. The topological polar surface area (TPSA) is 59.5 Å². The van der Waals surface area contributed by atoms with Crippen LogP contribution in [-0.2, 0) is 4.79 Å². The molecule has 3 rings (SSSR count). The van der Waals surface area contributed by atoms with Crippen molar-refractivity contribution in [3.63, 3.8) is 0 Å². The van der Waals surface area contributed by atoms with E-state index >= 15 is 0 Å². The van der Waals surface area contributed by atoms with Gasteiger partial charge in [0, 0.05) is 35.6 Å².